The van der Waals surface area contributed by atoms with Crippen molar-refractivity contribution in [3.8, 4) is 0 Å². The number of aliphatic hydroxyl groups excluding tert-OH is 1. The molecule has 5 nitrogen and oxygen atoms in total. The molecule has 1 aliphatic heterocycles. The van der Waals surface area contributed by atoms with Crippen molar-refractivity contribution in [3.63, 3.8) is 0 Å². The summed E-state index contributed by atoms with van der Waals surface area (Å²) < 4.78 is 5.33. The molecular formula is C22H28N2O3. The molecular weight excluding hydrogens is 340 g/mol. The predicted octanol–water partition coefficient (Wildman–Crippen LogP) is 2.75. The van der Waals surface area contributed by atoms with Crippen LogP contribution in [0.3, 0.4) is 0 Å². The number of aliphatic hydroxyl groups is 1. The summed E-state index contributed by atoms with van der Waals surface area (Å²) in [6.07, 6.45) is 3.93. The van der Waals surface area contributed by atoms with Gasteiger partial charge in [0.2, 0.25) is 5.91 Å². The monoisotopic (exact) mass is 368 g/mol. The number of piperidine rings is 1. The van der Waals surface area contributed by atoms with Gasteiger partial charge in [-0.2, -0.15) is 0 Å². The highest BCUT2D eigenvalue weighted by molar-refractivity contribution is 5.76. The molecule has 1 aromatic heterocycles. The van der Waals surface area contributed by atoms with Crippen molar-refractivity contribution in [1.82, 2.24) is 9.80 Å². The van der Waals surface area contributed by atoms with Crippen LogP contribution < -0.4 is 0 Å². The Morgan fingerprint density at radius 1 is 1.22 bits per heavy atom. The molecule has 0 unspecified atom stereocenters. The first-order valence-electron chi connectivity index (χ1n) is 9.77. The summed E-state index contributed by atoms with van der Waals surface area (Å²) in [7, 11) is 4.05. The quantitative estimate of drug-likeness (QED) is 0.902. The average molecular weight is 368 g/mol. The molecule has 1 amide bonds. The fraction of sp³-hybridized carbons (Fsp3) is 0.500. The Balaban J connectivity index is 1.47. The van der Waals surface area contributed by atoms with E-state index in [1.54, 1.807) is 6.26 Å². The Hall–Kier alpha value is -2.11. The summed E-state index contributed by atoms with van der Waals surface area (Å²) in [4.78, 5) is 16.7. The van der Waals surface area contributed by atoms with Crippen LogP contribution >= 0.6 is 0 Å². The lowest BCUT2D eigenvalue weighted by molar-refractivity contribution is -0.133. The molecule has 0 bridgehead atoms. The lowest BCUT2D eigenvalue weighted by Gasteiger charge is -2.43. The van der Waals surface area contributed by atoms with E-state index in [0.717, 1.165) is 18.6 Å². The topological polar surface area (TPSA) is 56.9 Å². The smallest absolute Gasteiger partial charge is 0.223 e. The molecule has 1 saturated heterocycles. The normalized spacial score (nSPS) is 23.8. The minimum absolute atomic E-state index is 0.0161. The molecule has 2 heterocycles. The number of carbonyl (C=O) groups excluding carboxylic acids is 1. The van der Waals surface area contributed by atoms with Crippen LogP contribution in [-0.2, 0) is 16.6 Å². The van der Waals surface area contributed by atoms with Crippen LogP contribution in [0, 0.1) is 0 Å². The highest BCUT2D eigenvalue weighted by atomic mass is 16.3. The maximum Gasteiger partial charge on any atom is 0.223 e. The maximum atomic E-state index is 12.6. The number of nitrogens with zero attached hydrogens (tertiary/aromatic N) is 2. The number of carbonyl (C=O) groups is 1. The molecule has 27 heavy (non-hydrogen) atoms. The van der Waals surface area contributed by atoms with Crippen LogP contribution in [0.25, 0.3) is 0 Å². The predicted molar refractivity (Wildman–Crippen MR) is 103 cm³/mol. The van der Waals surface area contributed by atoms with Crippen LogP contribution in [0.5, 0.6) is 0 Å². The zero-order chi connectivity index (χ0) is 19.0. The van der Waals surface area contributed by atoms with Crippen molar-refractivity contribution in [1.29, 1.82) is 0 Å². The van der Waals surface area contributed by atoms with Gasteiger partial charge < -0.3 is 19.3 Å². The molecule has 1 aliphatic carbocycles. The number of rotatable bonds is 4. The Bertz CT molecular complexity index is 792. The van der Waals surface area contributed by atoms with E-state index in [1.807, 2.05) is 37.2 Å². The van der Waals surface area contributed by atoms with Gasteiger partial charge in [0.05, 0.1) is 18.4 Å². The molecule has 0 saturated carbocycles. The SMILES string of the molecule is CN(C)[C@@H]1c2ccccc2C2(CCN(C(=O)CCc3ccco3)CC2)[C@H]1O. The van der Waals surface area contributed by atoms with E-state index in [4.69, 9.17) is 4.42 Å². The van der Waals surface area contributed by atoms with E-state index in [9.17, 15) is 9.90 Å². The van der Waals surface area contributed by atoms with Gasteiger partial charge in [-0.05, 0) is 50.2 Å². The lowest BCUT2D eigenvalue weighted by Crippen LogP contribution is -2.50. The lowest BCUT2D eigenvalue weighted by atomic mass is 9.72. The molecule has 0 radical (unpaired) electrons. The first-order chi connectivity index (χ1) is 13.0. The Morgan fingerprint density at radius 2 is 1.96 bits per heavy atom. The van der Waals surface area contributed by atoms with Gasteiger partial charge in [-0.3, -0.25) is 4.79 Å². The second kappa shape index (κ2) is 7.13. The molecule has 1 N–H and O–H groups in total. The second-order valence-corrected chi connectivity index (χ2v) is 8.06. The van der Waals surface area contributed by atoms with Crippen molar-refractivity contribution in [2.75, 3.05) is 27.2 Å². The average Bonchev–Trinajstić information content (AvgIpc) is 3.27. The van der Waals surface area contributed by atoms with Crippen molar-refractivity contribution < 1.29 is 14.3 Å². The van der Waals surface area contributed by atoms with E-state index in [0.29, 0.717) is 25.9 Å². The minimum Gasteiger partial charge on any atom is -0.469 e. The van der Waals surface area contributed by atoms with E-state index in [-0.39, 0.29) is 17.4 Å². The molecule has 2 aromatic rings. The first-order valence-corrected chi connectivity index (χ1v) is 9.77. The third-order valence-corrected chi connectivity index (χ3v) is 6.41. The number of hydrogen-bond donors (Lipinski definition) is 1. The summed E-state index contributed by atoms with van der Waals surface area (Å²) in [5.41, 5.74) is 2.25. The summed E-state index contributed by atoms with van der Waals surface area (Å²) >= 11 is 0. The number of hydrogen-bond acceptors (Lipinski definition) is 4. The highest BCUT2D eigenvalue weighted by Crippen LogP contribution is 2.52. The maximum absolute atomic E-state index is 12.6. The number of likely N-dealkylation sites (N-methyl/N-ethyl adjacent to an activating group) is 1. The third-order valence-electron chi connectivity index (χ3n) is 6.41. The van der Waals surface area contributed by atoms with E-state index in [1.165, 1.54) is 11.1 Å². The van der Waals surface area contributed by atoms with Gasteiger partial charge in [-0.25, -0.2) is 0 Å². The van der Waals surface area contributed by atoms with Crippen molar-refractivity contribution in [2.45, 2.75) is 43.2 Å². The Kier molecular flexibility index (Phi) is 4.82. The molecule has 4 rings (SSSR count). The molecule has 1 aromatic carbocycles. The van der Waals surface area contributed by atoms with Crippen molar-refractivity contribution in [2.24, 2.45) is 0 Å². The largest absolute Gasteiger partial charge is 0.469 e. The summed E-state index contributed by atoms with van der Waals surface area (Å²) in [5.74, 6) is 1.02. The van der Waals surface area contributed by atoms with Crippen LogP contribution in [-0.4, -0.2) is 54.1 Å². The molecule has 2 aliphatic rings. The standard InChI is InChI=1S/C22H28N2O3/c1-23(2)20-17-7-3-4-8-18(17)22(21(20)26)11-13-24(14-12-22)19(25)10-9-16-6-5-15-27-16/h3-8,15,20-21,26H,9-14H2,1-2H3/t20-,21+/m1/s1. The minimum atomic E-state index is -0.440. The second-order valence-electron chi connectivity index (χ2n) is 8.06. The number of furan rings is 1. The molecule has 1 fully saturated rings. The number of likely N-dealkylation sites (tertiary alicyclic amines) is 1. The fourth-order valence-corrected chi connectivity index (χ4v) is 4.96. The van der Waals surface area contributed by atoms with E-state index < -0.39 is 6.10 Å². The van der Waals surface area contributed by atoms with Crippen LogP contribution in [0.2, 0.25) is 0 Å². The number of amides is 1. The van der Waals surface area contributed by atoms with E-state index in [2.05, 4.69) is 23.1 Å². The van der Waals surface area contributed by atoms with Gasteiger partial charge in [0.25, 0.3) is 0 Å². The first kappa shape index (κ1) is 18.3. The summed E-state index contributed by atoms with van der Waals surface area (Å²) in [5, 5.41) is 11.3. The van der Waals surface area contributed by atoms with Gasteiger partial charge in [0.15, 0.2) is 0 Å². The van der Waals surface area contributed by atoms with Crippen molar-refractivity contribution >= 4 is 5.91 Å². The zero-order valence-electron chi connectivity index (χ0n) is 16.1. The van der Waals surface area contributed by atoms with Gasteiger partial charge in [-0.1, -0.05) is 24.3 Å². The summed E-state index contributed by atoms with van der Waals surface area (Å²) in [6.45, 7) is 1.39. The fourth-order valence-electron chi connectivity index (χ4n) is 4.96. The van der Waals surface area contributed by atoms with Crippen molar-refractivity contribution in [3.05, 3.63) is 59.5 Å². The molecule has 144 valence electrons. The molecule has 1 spiro atoms. The highest BCUT2D eigenvalue weighted by Gasteiger charge is 2.53. The van der Waals surface area contributed by atoms with Crippen LogP contribution in [0.1, 0.15) is 42.2 Å². The summed E-state index contributed by atoms with van der Waals surface area (Å²) in [6, 6.07) is 12.2. The van der Waals surface area contributed by atoms with Crippen LogP contribution in [0.15, 0.2) is 47.1 Å². The number of aryl methyl sites for hydroxylation is 1. The van der Waals surface area contributed by atoms with Gasteiger partial charge in [0, 0.05) is 31.3 Å². The Morgan fingerprint density at radius 3 is 2.63 bits per heavy atom. The van der Waals surface area contributed by atoms with Gasteiger partial charge >= 0.3 is 0 Å². The Labute approximate surface area is 160 Å². The molecule has 2 atom stereocenters. The van der Waals surface area contributed by atoms with Gasteiger partial charge in [0.1, 0.15) is 5.76 Å². The third kappa shape index (κ3) is 3.09. The molecule has 5 heteroatoms. The number of benzene rings is 1. The number of fused-ring (bicyclic) bond motifs is 2. The van der Waals surface area contributed by atoms with Crippen LogP contribution in [0.4, 0.5) is 0 Å². The van der Waals surface area contributed by atoms with Gasteiger partial charge in [-0.15, -0.1) is 0 Å². The zero-order valence-corrected chi connectivity index (χ0v) is 16.1. The van der Waals surface area contributed by atoms with E-state index >= 15 is 0 Å².